The van der Waals surface area contributed by atoms with E-state index in [1.54, 1.807) is 24.2 Å². The lowest BCUT2D eigenvalue weighted by atomic mass is 10.1. The Balaban J connectivity index is 2.12. The molecule has 1 aliphatic rings. The first kappa shape index (κ1) is 12.5. The fraction of sp³-hybridized carbons (Fsp3) is 0.200. The van der Waals surface area contributed by atoms with Crippen LogP contribution >= 0.6 is 0 Å². The van der Waals surface area contributed by atoms with Crippen LogP contribution in [0.15, 0.2) is 42.6 Å². The summed E-state index contributed by atoms with van der Waals surface area (Å²) in [4.78, 5) is 20.5. The molecule has 0 spiro atoms. The standard InChI is InChI=1S/C15H16N4O/c1-18-13-12(8-11(16)9-17-13)15(20)19(2)14(18)10-6-4-3-5-7-10/h3-9,14H,16H2,1-2H3. The molecule has 1 aromatic carbocycles. The van der Waals surface area contributed by atoms with Gasteiger partial charge < -0.3 is 15.5 Å². The molecule has 20 heavy (non-hydrogen) atoms. The Morgan fingerprint density at radius 2 is 1.85 bits per heavy atom. The molecule has 0 saturated carbocycles. The van der Waals surface area contributed by atoms with E-state index in [1.165, 1.54) is 0 Å². The highest BCUT2D eigenvalue weighted by atomic mass is 16.2. The predicted octanol–water partition coefficient (Wildman–Crippen LogP) is 1.88. The van der Waals surface area contributed by atoms with Crippen molar-refractivity contribution in [2.75, 3.05) is 24.7 Å². The monoisotopic (exact) mass is 268 g/mol. The van der Waals surface area contributed by atoms with Gasteiger partial charge in [-0.15, -0.1) is 0 Å². The molecule has 102 valence electrons. The second-order valence-corrected chi connectivity index (χ2v) is 4.95. The third-order valence-corrected chi connectivity index (χ3v) is 3.60. The maximum atomic E-state index is 12.5. The third-order valence-electron chi connectivity index (χ3n) is 3.60. The first-order chi connectivity index (χ1) is 9.59. The highest BCUT2D eigenvalue weighted by Gasteiger charge is 2.35. The predicted molar refractivity (Wildman–Crippen MR) is 78.3 cm³/mol. The van der Waals surface area contributed by atoms with Crippen LogP contribution in [-0.2, 0) is 0 Å². The van der Waals surface area contributed by atoms with Crippen LogP contribution in [-0.4, -0.2) is 29.9 Å². The molecule has 1 unspecified atom stereocenters. The number of carbonyl (C=O) groups is 1. The van der Waals surface area contributed by atoms with Gasteiger partial charge in [-0.1, -0.05) is 30.3 Å². The SMILES string of the molecule is CN1C(=O)c2cc(N)cnc2N(C)C1c1ccccc1. The molecule has 0 saturated heterocycles. The molecule has 0 fully saturated rings. The average molecular weight is 268 g/mol. The number of benzene rings is 1. The molecule has 2 heterocycles. The number of hydrogen-bond acceptors (Lipinski definition) is 4. The van der Waals surface area contributed by atoms with Crippen LogP contribution in [0.2, 0.25) is 0 Å². The number of amides is 1. The summed E-state index contributed by atoms with van der Waals surface area (Å²) in [7, 11) is 3.73. The van der Waals surface area contributed by atoms with Crippen molar-refractivity contribution in [3.8, 4) is 0 Å². The number of nitrogen functional groups attached to an aromatic ring is 1. The fourth-order valence-electron chi connectivity index (χ4n) is 2.66. The van der Waals surface area contributed by atoms with Crippen LogP contribution < -0.4 is 10.6 Å². The van der Waals surface area contributed by atoms with Crippen molar-refractivity contribution in [1.82, 2.24) is 9.88 Å². The molecule has 5 nitrogen and oxygen atoms in total. The molecular formula is C15H16N4O. The summed E-state index contributed by atoms with van der Waals surface area (Å²) in [6.45, 7) is 0. The Morgan fingerprint density at radius 1 is 1.15 bits per heavy atom. The van der Waals surface area contributed by atoms with Gasteiger partial charge in [-0.2, -0.15) is 0 Å². The van der Waals surface area contributed by atoms with Crippen molar-refractivity contribution >= 4 is 17.4 Å². The maximum absolute atomic E-state index is 12.5. The summed E-state index contributed by atoms with van der Waals surface area (Å²) >= 11 is 0. The lowest BCUT2D eigenvalue weighted by molar-refractivity contribution is 0.0709. The topological polar surface area (TPSA) is 62.5 Å². The van der Waals surface area contributed by atoms with Gasteiger partial charge in [-0.05, 0) is 11.6 Å². The number of nitrogens with zero attached hydrogens (tertiary/aromatic N) is 3. The number of pyridine rings is 1. The number of nitrogens with two attached hydrogens (primary N) is 1. The first-order valence-corrected chi connectivity index (χ1v) is 6.40. The largest absolute Gasteiger partial charge is 0.397 e. The smallest absolute Gasteiger partial charge is 0.259 e. The van der Waals surface area contributed by atoms with E-state index >= 15 is 0 Å². The first-order valence-electron chi connectivity index (χ1n) is 6.40. The molecule has 3 rings (SSSR count). The van der Waals surface area contributed by atoms with E-state index in [-0.39, 0.29) is 12.1 Å². The number of anilines is 2. The highest BCUT2D eigenvalue weighted by Crippen LogP contribution is 2.35. The Morgan fingerprint density at radius 3 is 2.55 bits per heavy atom. The zero-order chi connectivity index (χ0) is 14.3. The van der Waals surface area contributed by atoms with Crippen LogP contribution in [0, 0.1) is 0 Å². The van der Waals surface area contributed by atoms with Crippen LogP contribution in [0.1, 0.15) is 22.1 Å². The molecular weight excluding hydrogens is 252 g/mol. The molecule has 0 bridgehead atoms. The van der Waals surface area contributed by atoms with E-state index in [9.17, 15) is 4.79 Å². The Kier molecular flexibility index (Phi) is 2.82. The molecule has 1 aliphatic heterocycles. The summed E-state index contributed by atoms with van der Waals surface area (Å²) < 4.78 is 0. The zero-order valence-corrected chi connectivity index (χ0v) is 11.4. The molecule has 0 radical (unpaired) electrons. The van der Waals surface area contributed by atoms with Crippen molar-refractivity contribution in [3.63, 3.8) is 0 Å². The van der Waals surface area contributed by atoms with Crippen molar-refractivity contribution in [2.24, 2.45) is 0 Å². The molecule has 1 aromatic heterocycles. The van der Waals surface area contributed by atoms with Gasteiger partial charge >= 0.3 is 0 Å². The number of aromatic nitrogens is 1. The van der Waals surface area contributed by atoms with Crippen LogP contribution in [0.3, 0.4) is 0 Å². The molecule has 1 amide bonds. The summed E-state index contributed by atoms with van der Waals surface area (Å²) in [5, 5.41) is 0. The molecule has 0 aliphatic carbocycles. The lowest BCUT2D eigenvalue weighted by Gasteiger charge is -2.41. The quantitative estimate of drug-likeness (QED) is 0.858. The van der Waals surface area contributed by atoms with E-state index in [2.05, 4.69) is 4.98 Å². The molecule has 5 heteroatoms. The third kappa shape index (κ3) is 1.79. The fourth-order valence-corrected chi connectivity index (χ4v) is 2.66. The summed E-state index contributed by atoms with van der Waals surface area (Å²) in [6, 6.07) is 11.6. The summed E-state index contributed by atoms with van der Waals surface area (Å²) in [5.74, 6) is 0.600. The van der Waals surface area contributed by atoms with E-state index in [1.807, 2.05) is 42.3 Å². The van der Waals surface area contributed by atoms with Crippen LogP contribution in [0.25, 0.3) is 0 Å². The van der Waals surface area contributed by atoms with Gasteiger partial charge in [0, 0.05) is 14.1 Å². The van der Waals surface area contributed by atoms with Gasteiger partial charge in [0.25, 0.3) is 5.91 Å². The minimum Gasteiger partial charge on any atom is -0.397 e. The van der Waals surface area contributed by atoms with Crippen molar-refractivity contribution in [3.05, 3.63) is 53.7 Å². The van der Waals surface area contributed by atoms with E-state index in [0.29, 0.717) is 17.1 Å². The minimum absolute atomic E-state index is 0.0632. The van der Waals surface area contributed by atoms with Gasteiger partial charge in [0.05, 0.1) is 17.4 Å². The number of carbonyl (C=O) groups excluding carboxylic acids is 1. The molecule has 2 N–H and O–H groups in total. The van der Waals surface area contributed by atoms with Crippen LogP contribution in [0.5, 0.6) is 0 Å². The second kappa shape index (κ2) is 4.52. The number of hydrogen-bond donors (Lipinski definition) is 1. The van der Waals surface area contributed by atoms with Gasteiger partial charge in [-0.25, -0.2) is 4.98 Å². The number of fused-ring (bicyclic) bond motifs is 1. The maximum Gasteiger partial charge on any atom is 0.259 e. The van der Waals surface area contributed by atoms with Gasteiger partial charge in [-0.3, -0.25) is 4.79 Å². The Hall–Kier alpha value is -2.56. The van der Waals surface area contributed by atoms with Gasteiger partial charge in [0.15, 0.2) is 0 Å². The molecule has 1 atom stereocenters. The van der Waals surface area contributed by atoms with Gasteiger partial charge in [0.2, 0.25) is 0 Å². The minimum atomic E-state index is -0.160. The average Bonchev–Trinajstić information content (AvgIpc) is 2.46. The second-order valence-electron chi connectivity index (χ2n) is 4.95. The van der Waals surface area contributed by atoms with Crippen molar-refractivity contribution in [2.45, 2.75) is 6.17 Å². The van der Waals surface area contributed by atoms with Crippen molar-refractivity contribution < 1.29 is 4.79 Å². The summed E-state index contributed by atoms with van der Waals surface area (Å²) in [6.07, 6.45) is 1.42. The van der Waals surface area contributed by atoms with Crippen molar-refractivity contribution in [1.29, 1.82) is 0 Å². The summed E-state index contributed by atoms with van der Waals surface area (Å²) in [5.41, 5.74) is 7.82. The van der Waals surface area contributed by atoms with E-state index in [0.717, 1.165) is 5.56 Å². The zero-order valence-electron chi connectivity index (χ0n) is 11.4. The Bertz CT molecular complexity index is 656. The molecule has 2 aromatic rings. The lowest BCUT2D eigenvalue weighted by Crippen LogP contribution is -2.46. The van der Waals surface area contributed by atoms with Crippen LogP contribution in [0.4, 0.5) is 11.5 Å². The van der Waals surface area contributed by atoms with Gasteiger partial charge in [0.1, 0.15) is 12.0 Å². The highest BCUT2D eigenvalue weighted by molar-refractivity contribution is 6.01. The number of rotatable bonds is 1. The Labute approximate surface area is 117 Å². The van der Waals surface area contributed by atoms with E-state index < -0.39 is 0 Å². The normalized spacial score (nSPS) is 18.1. The van der Waals surface area contributed by atoms with E-state index in [4.69, 9.17) is 5.73 Å².